The first-order valence-electron chi connectivity index (χ1n) is 6.97. The van der Waals surface area contributed by atoms with Gasteiger partial charge >= 0.3 is 0 Å². The van der Waals surface area contributed by atoms with Crippen LogP contribution >= 0.6 is 24.0 Å². The second-order valence-electron chi connectivity index (χ2n) is 4.50. The Morgan fingerprint density at radius 1 is 1.17 bits per heavy atom. The molecule has 0 aliphatic rings. The molecule has 2 rings (SSSR count). The lowest BCUT2D eigenvalue weighted by Crippen LogP contribution is -2.22. The molecular weight excluding hydrogens is 407 g/mol. The van der Waals surface area contributed by atoms with E-state index in [1.807, 2.05) is 42.5 Å². The zero-order chi connectivity index (χ0) is 15.6. The number of anilines is 1. The zero-order valence-electron chi connectivity index (χ0n) is 12.9. The van der Waals surface area contributed by atoms with Crippen molar-refractivity contribution < 1.29 is 9.47 Å². The van der Waals surface area contributed by atoms with Crippen LogP contribution in [0.1, 0.15) is 5.56 Å². The minimum absolute atomic E-state index is 0. The number of methoxy groups -OCH3 is 1. The minimum Gasteiger partial charge on any atom is -0.475 e. The standard InChI is InChI=1S/C16H20N4O2.HI/c1-21-10-11-22-15-13(6-5-9-18-15)12-19-16(17)20-14-7-3-2-4-8-14;/h2-9H,10-12H2,1H3,(H3,17,19,20);1H. The largest absolute Gasteiger partial charge is 0.475 e. The summed E-state index contributed by atoms with van der Waals surface area (Å²) in [6.07, 6.45) is 1.68. The first-order chi connectivity index (χ1) is 10.8. The van der Waals surface area contributed by atoms with E-state index in [9.17, 15) is 0 Å². The Morgan fingerprint density at radius 3 is 2.70 bits per heavy atom. The fraction of sp³-hybridized carbons (Fsp3) is 0.250. The lowest BCUT2D eigenvalue weighted by atomic mass is 10.3. The summed E-state index contributed by atoms with van der Waals surface area (Å²) in [7, 11) is 1.63. The van der Waals surface area contributed by atoms with Crippen LogP contribution in [0.4, 0.5) is 5.69 Å². The number of nitrogens with one attached hydrogen (secondary N) is 1. The van der Waals surface area contributed by atoms with Gasteiger partial charge in [-0.2, -0.15) is 0 Å². The SMILES string of the molecule is COCCOc1ncccc1CN=C(N)Nc1ccccc1.I. The number of rotatable bonds is 7. The summed E-state index contributed by atoms with van der Waals surface area (Å²) in [5, 5.41) is 3.03. The molecule has 6 nitrogen and oxygen atoms in total. The molecule has 0 saturated heterocycles. The first-order valence-corrected chi connectivity index (χ1v) is 6.97. The number of nitrogens with zero attached hydrogens (tertiary/aromatic N) is 2. The van der Waals surface area contributed by atoms with Crippen molar-refractivity contribution in [2.24, 2.45) is 10.7 Å². The molecule has 0 unspecified atom stereocenters. The van der Waals surface area contributed by atoms with Crippen LogP contribution in [0.25, 0.3) is 0 Å². The van der Waals surface area contributed by atoms with Crippen LogP contribution in [0.15, 0.2) is 53.7 Å². The van der Waals surface area contributed by atoms with E-state index in [4.69, 9.17) is 15.2 Å². The average molecular weight is 428 g/mol. The highest BCUT2D eigenvalue weighted by atomic mass is 127. The number of nitrogens with two attached hydrogens (primary N) is 1. The van der Waals surface area contributed by atoms with Crippen molar-refractivity contribution in [3.8, 4) is 5.88 Å². The number of aliphatic imine (C=N–C) groups is 1. The van der Waals surface area contributed by atoms with Gasteiger partial charge in [-0.05, 0) is 18.2 Å². The fourth-order valence-electron chi connectivity index (χ4n) is 1.78. The molecule has 7 heteroatoms. The Kier molecular flexibility index (Phi) is 9.00. The minimum atomic E-state index is 0. The molecule has 3 N–H and O–H groups in total. The highest BCUT2D eigenvalue weighted by Crippen LogP contribution is 2.15. The van der Waals surface area contributed by atoms with E-state index >= 15 is 0 Å². The molecule has 0 fully saturated rings. The number of guanidine groups is 1. The van der Waals surface area contributed by atoms with Crippen LogP contribution in [-0.2, 0) is 11.3 Å². The van der Waals surface area contributed by atoms with E-state index in [1.54, 1.807) is 13.3 Å². The number of ether oxygens (including phenoxy) is 2. The van der Waals surface area contributed by atoms with Crippen LogP contribution < -0.4 is 15.8 Å². The maximum absolute atomic E-state index is 5.88. The van der Waals surface area contributed by atoms with Crippen molar-refractivity contribution in [1.29, 1.82) is 0 Å². The predicted octanol–water partition coefficient (Wildman–Crippen LogP) is 2.65. The fourth-order valence-corrected chi connectivity index (χ4v) is 1.78. The van der Waals surface area contributed by atoms with Crippen LogP contribution in [0, 0.1) is 0 Å². The number of halogens is 1. The molecule has 0 saturated carbocycles. The van der Waals surface area contributed by atoms with Crippen molar-refractivity contribution in [2.45, 2.75) is 6.54 Å². The molecule has 0 bridgehead atoms. The summed E-state index contributed by atoms with van der Waals surface area (Å²) >= 11 is 0. The highest BCUT2D eigenvalue weighted by molar-refractivity contribution is 14.0. The summed E-state index contributed by atoms with van der Waals surface area (Å²) in [6.45, 7) is 1.35. The van der Waals surface area contributed by atoms with E-state index in [-0.39, 0.29) is 24.0 Å². The van der Waals surface area contributed by atoms with Crippen molar-refractivity contribution >= 4 is 35.6 Å². The molecule has 0 radical (unpaired) electrons. The summed E-state index contributed by atoms with van der Waals surface area (Å²) < 4.78 is 10.5. The van der Waals surface area contributed by atoms with Crippen molar-refractivity contribution in [1.82, 2.24) is 4.98 Å². The lowest BCUT2D eigenvalue weighted by Gasteiger charge is -2.09. The molecule has 0 spiro atoms. The Balaban J connectivity index is 0.00000264. The van der Waals surface area contributed by atoms with E-state index in [0.29, 0.717) is 31.6 Å². The van der Waals surface area contributed by atoms with E-state index in [1.165, 1.54) is 0 Å². The second-order valence-corrected chi connectivity index (χ2v) is 4.50. The third-order valence-electron chi connectivity index (χ3n) is 2.84. The Morgan fingerprint density at radius 2 is 1.96 bits per heavy atom. The number of para-hydroxylation sites is 1. The van der Waals surface area contributed by atoms with Gasteiger partial charge in [0.15, 0.2) is 5.96 Å². The molecule has 2 aromatic rings. The van der Waals surface area contributed by atoms with Gasteiger partial charge in [0.2, 0.25) is 5.88 Å². The third-order valence-corrected chi connectivity index (χ3v) is 2.84. The van der Waals surface area contributed by atoms with Gasteiger partial charge < -0.3 is 20.5 Å². The molecule has 124 valence electrons. The molecule has 0 aliphatic heterocycles. The Bertz CT molecular complexity index is 608. The van der Waals surface area contributed by atoms with E-state index < -0.39 is 0 Å². The van der Waals surface area contributed by atoms with Crippen molar-refractivity contribution in [2.75, 3.05) is 25.6 Å². The number of hydrogen-bond donors (Lipinski definition) is 2. The van der Waals surface area contributed by atoms with Crippen LogP contribution in [0.2, 0.25) is 0 Å². The van der Waals surface area contributed by atoms with Gasteiger partial charge in [0.1, 0.15) is 6.61 Å². The van der Waals surface area contributed by atoms with Gasteiger partial charge in [0.05, 0.1) is 13.2 Å². The predicted molar refractivity (Wildman–Crippen MR) is 102 cm³/mol. The molecule has 0 amide bonds. The second kappa shape index (κ2) is 10.8. The molecule has 1 aromatic carbocycles. The number of benzene rings is 1. The summed E-state index contributed by atoms with van der Waals surface area (Å²) in [4.78, 5) is 8.51. The summed E-state index contributed by atoms with van der Waals surface area (Å²) in [5.74, 6) is 0.897. The number of pyridine rings is 1. The average Bonchev–Trinajstić information content (AvgIpc) is 2.55. The molecule has 23 heavy (non-hydrogen) atoms. The van der Waals surface area contributed by atoms with Gasteiger partial charge in [0.25, 0.3) is 0 Å². The maximum atomic E-state index is 5.88. The topological polar surface area (TPSA) is 81.8 Å². The molecule has 1 heterocycles. The van der Waals surface area contributed by atoms with Crippen LogP contribution in [0.3, 0.4) is 0 Å². The molecule has 0 atom stereocenters. The van der Waals surface area contributed by atoms with Crippen molar-refractivity contribution in [3.05, 3.63) is 54.2 Å². The summed E-state index contributed by atoms with van der Waals surface area (Å²) in [5.41, 5.74) is 7.65. The maximum Gasteiger partial charge on any atom is 0.218 e. The first kappa shape index (κ1) is 19.2. The van der Waals surface area contributed by atoms with Crippen LogP contribution in [0.5, 0.6) is 5.88 Å². The van der Waals surface area contributed by atoms with Gasteiger partial charge in [-0.1, -0.05) is 24.3 Å². The van der Waals surface area contributed by atoms with Gasteiger partial charge in [-0.3, -0.25) is 0 Å². The summed E-state index contributed by atoms with van der Waals surface area (Å²) in [6, 6.07) is 13.4. The van der Waals surface area contributed by atoms with E-state index in [0.717, 1.165) is 11.3 Å². The van der Waals surface area contributed by atoms with Crippen LogP contribution in [-0.4, -0.2) is 31.3 Å². The Labute approximate surface area is 153 Å². The number of hydrogen-bond acceptors (Lipinski definition) is 4. The normalized spacial score (nSPS) is 10.7. The van der Waals surface area contributed by atoms with Gasteiger partial charge in [-0.15, -0.1) is 24.0 Å². The van der Waals surface area contributed by atoms with Gasteiger partial charge in [-0.25, -0.2) is 9.98 Å². The monoisotopic (exact) mass is 428 g/mol. The highest BCUT2D eigenvalue weighted by Gasteiger charge is 2.04. The third kappa shape index (κ3) is 6.83. The van der Waals surface area contributed by atoms with Gasteiger partial charge in [0, 0.05) is 24.6 Å². The number of aromatic nitrogens is 1. The lowest BCUT2D eigenvalue weighted by molar-refractivity contribution is 0.143. The zero-order valence-corrected chi connectivity index (χ0v) is 15.3. The Hall–Kier alpha value is -1.87. The molecule has 0 aliphatic carbocycles. The quantitative estimate of drug-likeness (QED) is 0.307. The smallest absolute Gasteiger partial charge is 0.218 e. The molecule has 1 aromatic heterocycles. The van der Waals surface area contributed by atoms with Crippen molar-refractivity contribution in [3.63, 3.8) is 0 Å². The van der Waals surface area contributed by atoms with E-state index in [2.05, 4.69) is 15.3 Å². The molecular formula is C16H21IN4O2.